The summed E-state index contributed by atoms with van der Waals surface area (Å²) >= 11 is 0. The number of hydrogen-bond acceptors (Lipinski definition) is 2. The summed E-state index contributed by atoms with van der Waals surface area (Å²) in [7, 11) is 0. The fourth-order valence-electron chi connectivity index (χ4n) is 2.32. The molecule has 1 aliphatic rings. The second-order valence-electron chi connectivity index (χ2n) is 5.16. The van der Waals surface area contributed by atoms with Crippen molar-refractivity contribution in [3.63, 3.8) is 0 Å². The summed E-state index contributed by atoms with van der Waals surface area (Å²) in [4.78, 5) is 22.6. The molecule has 1 aromatic rings. The largest absolute Gasteiger partial charge is 0.478 e. The molecule has 1 saturated carbocycles. The Balaban J connectivity index is 1.96. The first-order valence-electron chi connectivity index (χ1n) is 6.92. The number of carboxylic acid groups (broad SMARTS) is 1. The zero-order valence-corrected chi connectivity index (χ0v) is 11.5. The van der Waals surface area contributed by atoms with Crippen LogP contribution in [0.5, 0.6) is 0 Å². The Morgan fingerprint density at radius 2 is 2.25 bits per heavy atom. The first-order valence-corrected chi connectivity index (χ1v) is 6.92. The highest BCUT2D eigenvalue weighted by molar-refractivity contribution is 5.95. The third-order valence-electron chi connectivity index (χ3n) is 3.47. The average molecular weight is 273 g/mol. The third kappa shape index (κ3) is 3.95. The maximum Gasteiger partial charge on any atom is 0.328 e. The van der Waals surface area contributed by atoms with E-state index in [9.17, 15) is 9.59 Å². The van der Waals surface area contributed by atoms with E-state index in [1.165, 1.54) is 6.08 Å². The smallest absolute Gasteiger partial charge is 0.328 e. The van der Waals surface area contributed by atoms with Gasteiger partial charge in [-0.15, -0.1) is 0 Å². The second kappa shape index (κ2) is 6.37. The zero-order valence-electron chi connectivity index (χ0n) is 11.5. The van der Waals surface area contributed by atoms with Crippen LogP contribution in [0.1, 0.15) is 42.1 Å². The van der Waals surface area contributed by atoms with Crippen molar-refractivity contribution in [3.8, 4) is 0 Å². The molecule has 0 saturated heterocycles. The Bertz CT molecular complexity index is 536. The van der Waals surface area contributed by atoms with Crippen molar-refractivity contribution in [3.05, 3.63) is 41.5 Å². The Kier molecular flexibility index (Phi) is 4.56. The van der Waals surface area contributed by atoms with E-state index in [4.69, 9.17) is 5.11 Å². The van der Waals surface area contributed by atoms with Crippen molar-refractivity contribution in [2.24, 2.45) is 5.92 Å². The standard InChI is InChI=1S/C16H19NO3/c1-2-4-12-10-14(12)17-16(20)13-6-3-5-11(9-13)7-8-15(18)19/h3,5-9,12,14H,2,4,10H2,1H3,(H,17,20)(H,18,19)/b8-7+. The minimum Gasteiger partial charge on any atom is -0.478 e. The van der Waals surface area contributed by atoms with E-state index < -0.39 is 5.97 Å². The lowest BCUT2D eigenvalue weighted by molar-refractivity contribution is -0.131. The molecule has 0 aliphatic heterocycles. The molecule has 2 N–H and O–H groups in total. The number of aliphatic carboxylic acids is 1. The highest BCUT2D eigenvalue weighted by Gasteiger charge is 2.37. The van der Waals surface area contributed by atoms with Gasteiger partial charge < -0.3 is 10.4 Å². The maximum absolute atomic E-state index is 12.1. The molecule has 20 heavy (non-hydrogen) atoms. The number of carbonyl (C=O) groups is 2. The maximum atomic E-state index is 12.1. The molecule has 1 fully saturated rings. The molecule has 0 radical (unpaired) electrons. The quantitative estimate of drug-likeness (QED) is 0.783. The summed E-state index contributed by atoms with van der Waals surface area (Å²) in [6, 6.07) is 7.28. The predicted molar refractivity (Wildman–Crippen MR) is 77.4 cm³/mol. The van der Waals surface area contributed by atoms with Gasteiger partial charge in [-0.2, -0.15) is 0 Å². The van der Waals surface area contributed by atoms with Crippen LogP contribution in [0.2, 0.25) is 0 Å². The van der Waals surface area contributed by atoms with Crippen LogP contribution in [0.3, 0.4) is 0 Å². The summed E-state index contributed by atoms with van der Waals surface area (Å²) in [5.41, 5.74) is 1.28. The highest BCUT2D eigenvalue weighted by Crippen LogP contribution is 2.34. The van der Waals surface area contributed by atoms with Crippen molar-refractivity contribution < 1.29 is 14.7 Å². The fraction of sp³-hybridized carbons (Fsp3) is 0.375. The number of rotatable bonds is 6. The van der Waals surface area contributed by atoms with Crippen molar-refractivity contribution in [2.75, 3.05) is 0 Å². The van der Waals surface area contributed by atoms with Gasteiger partial charge in [0.2, 0.25) is 0 Å². The van der Waals surface area contributed by atoms with Crippen LogP contribution in [0.25, 0.3) is 6.08 Å². The molecule has 4 nitrogen and oxygen atoms in total. The molecule has 106 valence electrons. The van der Waals surface area contributed by atoms with E-state index in [2.05, 4.69) is 12.2 Å². The van der Waals surface area contributed by atoms with Crippen LogP contribution in [0.4, 0.5) is 0 Å². The number of carboxylic acids is 1. The summed E-state index contributed by atoms with van der Waals surface area (Å²) in [6.07, 6.45) is 5.92. The van der Waals surface area contributed by atoms with Crippen LogP contribution in [-0.2, 0) is 4.79 Å². The van der Waals surface area contributed by atoms with E-state index in [1.54, 1.807) is 24.3 Å². The number of hydrogen-bond donors (Lipinski definition) is 2. The van der Waals surface area contributed by atoms with Crippen LogP contribution in [-0.4, -0.2) is 23.0 Å². The van der Waals surface area contributed by atoms with Gasteiger partial charge in [0.1, 0.15) is 0 Å². The third-order valence-corrected chi connectivity index (χ3v) is 3.47. The Hall–Kier alpha value is -2.10. The summed E-state index contributed by atoms with van der Waals surface area (Å²) < 4.78 is 0. The molecule has 2 rings (SSSR count). The van der Waals surface area contributed by atoms with E-state index in [1.807, 2.05) is 0 Å². The van der Waals surface area contributed by atoms with Crippen LogP contribution in [0, 0.1) is 5.92 Å². The Morgan fingerprint density at radius 3 is 2.95 bits per heavy atom. The predicted octanol–water partition coefficient (Wildman–Crippen LogP) is 2.70. The second-order valence-corrected chi connectivity index (χ2v) is 5.16. The van der Waals surface area contributed by atoms with E-state index in [-0.39, 0.29) is 5.91 Å². The molecule has 0 heterocycles. The minimum atomic E-state index is -1.000. The first-order chi connectivity index (χ1) is 9.60. The van der Waals surface area contributed by atoms with Gasteiger partial charge >= 0.3 is 5.97 Å². The molecule has 1 aromatic carbocycles. The molecule has 1 aliphatic carbocycles. The number of benzene rings is 1. The number of amides is 1. The van der Waals surface area contributed by atoms with Crippen LogP contribution >= 0.6 is 0 Å². The van der Waals surface area contributed by atoms with Crippen molar-refractivity contribution >= 4 is 18.0 Å². The summed E-state index contributed by atoms with van der Waals surface area (Å²) in [5, 5.41) is 11.6. The van der Waals surface area contributed by atoms with Crippen molar-refractivity contribution in [1.82, 2.24) is 5.32 Å². The van der Waals surface area contributed by atoms with Gasteiger partial charge in [0.15, 0.2) is 0 Å². The molecule has 2 atom stereocenters. The molecule has 0 aromatic heterocycles. The molecular formula is C16H19NO3. The molecule has 0 bridgehead atoms. The minimum absolute atomic E-state index is 0.0841. The summed E-state index contributed by atoms with van der Waals surface area (Å²) in [5.74, 6) is -0.460. The van der Waals surface area contributed by atoms with E-state index >= 15 is 0 Å². The normalized spacial score (nSPS) is 20.9. The molecule has 4 heteroatoms. The lowest BCUT2D eigenvalue weighted by atomic mass is 10.1. The van der Waals surface area contributed by atoms with Gasteiger partial charge in [-0.3, -0.25) is 4.79 Å². The van der Waals surface area contributed by atoms with Crippen molar-refractivity contribution in [2.45, 2.75) is 32.2 Å². The fourth-order valence-corrected chi connectivity index (χ4v) is 2.32. The summed E-state index contributed by atoms with van der Waals surface area (Å²) in [6.45, 7) is 2.15. The first kappa shape index (κ1) is 14.3. The topological polar surface area (TPSA) is 66.4 Å². The lowest BCUT2D eigenvalue weighted by Crippen LogP contribution is -2.26. The molecular weight excluding hydrogens is 254 g/mol. The molecule has 0 spiro atoms. The Labute approximate surface area is 118 Å². The van der Waals surface area contributed by atoms with Gasteiger partial charge in [0.05, 0.1) is 0 Å². The van der Waals surface area contributed by atoms with Gasteiger partial charge in [0, 0.05) is 17.7 Å². The van der Waals surface area contributed by atoms with Crippen molar-refractivity contribution in [1.29, 1.82) is 0 Å². The number of carbonyl (C=O) groups excluding carboxylic acids is 1. The molecule has 1 amide bonds. The highest BCUT2D eigenvalue weighted by atomic mass is 16.4. The zero-order chi connectivity index (χ0) is 14.5. The van der Waals surface area contributed by atoms with Gasteiger partial charge in [0.25, 0.3) is 5.91 Å². The molecule has 2 unspecified atom stereocenters. The average Bonchev–Trinajstić information content (AvgIpc) is 3.15. The number of nitrogens with one attached hydrogen (secondary N) is 1. The van der Waals surface area contributed by atoms with Crippen LogP contribution in [0.15, 0.2) is 30.3 Å². The monoisotopic (exact) mass is 273 g/mol. The van der Waals surface area contributed by atoms with Gasteiger partial charge in [-0.25, -0.2) is 4.79 Å². The van der Waals surface area contributed by atoms with Crippen LogP contribution < -0.4 is 5.32 Å². The van der Waals surface area contributed by atoms with E-state index in [0.717, 1.165) is 25.3 Å². The Morgan fingerprint density at radius 1 is 1.45 bits per heavy atom. The lowest BCUT2D eigenvalue weighted by Gasteiger charge is -2.05. The van der Waals surface area contributed by atoms with E-state index in [0.29, 0.717) is 23.1 Å². The van der Waals surface area contributed by atoms with Gasteiger partial charge in [-0.1, -0.05) is 25.5 Å². The SMILES string of the molecule is CCCC1CC1NC(=O)c1cccc(/C=C/C(=O)O)c1. The van der Waals surface area contributed by atoms with Gasteiger partial charge in [-0.05, 0) is 42.5 Å².